The molecule has 1 fully saturated rings. The first kappa shape index (κ1) is 20.6. The van der Waals surface area contributed by atoms with Gasteiger partial charge < -0.3 is 9.47 Å². The minimum Gasteiger partial charge on any atom is -0.481 e. The van der Waals surface area contributed by atoms with Crippen molar-refractivity contribution in [3.05, 3.63) is 69.0 Å². The van der Waals surface area contributed by atoms with Crippen LogP contribution in [0.15, 0.2) is 57.9 Å². The van der Waals surface area contributed by atoms with Crippen molar-refractivity contribution in [3.63, 3.8) is 0 Å². The van der Waals surface area contributed by atoms with Gasteiger partial charge in [0, 0.05) is 0 Å². The van der Waals surface area contributed by atoms with Crippen LogP contribution >= 0.6 is 39.9 Å². The second-order valence-electron chi connectivity index (χ2n) is 5.81. The number of amides is 1. The number of rotatable bonds is 6. The van der Waals surface area contributed by atoms with E-state index in [9.17, 15) is 9.59 Å². The zero-order valence-corrected chi connectivity index (χ0v) is 18.1. The van der Waals surface area contributed by atoms with Gasteiger partial charge in [0.15, 0.2) is 6.61 Å². The fraction of sp³-hybridized carbons (Fsp3) is 0.150. The van der Waals surface area contributed by atoms with Crippen molar-refractivity contribution in [2.45, 2.75) is 6.54 Å². The Labute approximate surface area is 180 Å². The van der Waals surface area contributed by atoms with Crippen molar-refractivity contribution in [3.8, 4) is 5.75 Å². The van der Waals surface area contributed by atoms with Crippen molar-refractivity contribution in [1.82, 2.24) is 4.90 Å². The summed E-state index contributed by atoms with van der Waals surface area (Å²) in [6.45, 7) is 0.277. The van der Waals surface area contributed by atoms with Gasteiger partial charge in [-0.3, -0.25) is 9.69 Å². The van der Waals surface area contributed by atoms with Crippen LogP contribution in [-0.4, -0.2) is 34.8 Å². The maximum atomic E-state index is 12.7. The minimum atomic E-state index is -0.460. The molecular weight excluding hydrogens is 462 g/mol. The van der Waals surface area contributed by atoms with Gasteiger partial charge in [0.25, 0.3) is 5.91 Å². The van der Waals surface area contributed by atoms with E-state index in [1.54, 1.807) is 23.1 Å². The number of hydrogen-bond acceptors (Lipinski definition) is 6. The predicted octanol–water partition coefficient (Wildman–Crippen LogP) is 4.40. The average Bonchev–Trinajstić information content (AvgIpc) is 2.95. The van der Waals surface area contributed by atoms with Crippen molar-refractivity contribution in [2.75, 3.05) is 13.7 Å². The molecule has 0 unspecified atom stereocenters. The number of thiocarbonyl (C=S) groups is 1. The molecule has 0 aromatic heterocycles. The van der Waals surface area contributed by atoms with Gasteiger partial charge in [-0.05, 0) is 45.3 Å². The van der Waals surface area contributed by atoms with Gasteiger partial charge in [-0.15, -0.1) is 0 Å². The highest BCUT2D eigenvalue weighted by atomic mass is 79.9. The van der Waals surface area contributed by atoms with E-state index in [1.165, 1.54) is 18.9 Å². The van der Waals surface area contributed by atoms with Crippen LogP contribution in [-0.2, 0) is 20.9 Å². The SMILES string of the molecule is COC(=O)COc1ccc(/C=C2\SC(=S)N(Cc3ccccc3)C2=O)cc1Br. The summed E-state index contributed by atoms with van der Waals surface area (Å²) in [5.41, 5.74) is 1.84. The molecule has 0 radical (unpaired) electrons. The van der Waals surface area contributed by atoms with Crippen LogP contribution in [0.25, 0.3) is 6.08 Å². The molecule has 28 heavy (non-hydrogen) atoms. The molecule has 0 aliphatic carbocycles. The first-order valence-corrected chi connectivity index (χ1v) is 10.3. The monoisotopic (exact) mass is 477 g/mol. The molecule has 0 saturated carbocycles. The van der Waals surface area contributed by atoms with E-state index < -0.39 is 5.97 Å². The van der Waals surface area contributed by atoms with Crippen LogP contribution in [0.4, 0.5) is 0 Å². The molecule has 1 aliphatic rings. The number of esters is 1. The van der Waals surface area contributed by atoms with Crippen LogP contribution in [0.1, 0.15) is 11.1 Å². The number of nitrogens with zero attached hydrogens (tertiary/aromatic N) is 1. The molecule has 2 aromatic carbocycles. The molecule has 0 atom stereocenters. The third-order valence-electron chi connectivity index (χ3n) is 3.88. The van der Waals surface area contributed by atoms with E-state index in [-0.39, 0.29) is 12.5 Å². The fourth-order valence-corrected chi connectivity index (χ4v) is 4.24. The van der Waals surface area contributed by atoms with Crippen LogP contribution < -0.4 is 4.74 Å². The fourth-order valence-electron chi connectivity index (χ4n) is 2.47. The van der Waals surface area contributed by atoms with Gasteiger partial charge in [-0.2, -0.15) is 0 Å². The Hall–Kier alpha value is -2.16. The van der Waals surface area contributed by atoms with Gasteiger partial charge in [0.1, 0.15) is 10.1 Å². The number of hydrogen-bond donors (Lipinski definition) is 0. The summed E-state index contributed by atoms with van der Waals surface area (Å²) in [4.78, 5) is 26.1. The lowest BCUT2D eigenvalue weighted by atomic mass is 10.2. The van der Waals surface area contributed by atoms with E-state index in [2.05, 4.69) is 20.7 Å². The third kappa shape index (κ3) is 5.01. The van der Waals surface area contributed by atoms with Crippen LogP contribution in [0.3, 0.4) is 0 Å². The second kappa shape index (κ2) is 9.36. The summed E-state index contributed by atoms with van der Waals surface area (Å²) >= 11 is 10.1. The second-order valence-corrected chi connectivity index (χ2v) is 8.34. The van der Waals surface area contributed by atoms with Crippen LogP contribution in [0, 0.1) is 0 Å². The van der Waals surface area contributed by atoms with E-state index in [1.807, 2.05) is 36.4 Å². The molecule has 5 nitrogen and oxygen atoms in total. The number of carbonyl (C=O) groups excluding carboxylic acids is 2. The van der Waals surface area contributed by atoms with Crippen molar-refractivity contribution < 1.29 is 19.1 Å². The zero-order chi connectivity index (χ0) is 20.1. The van der Waals surface area contributed by atoms with Gasteiger partial charge in [-0.25, -0.2) is 4.79 Å². The first-order valence-electron chi connectivity index (χ1n) is 8.26. The lowest BCUT2D eigenvalue weighted by Crippen LogP contribution is -2.27. The summed E-state index contributed by atoms with van der Waals surface area (Å²) in [5, 5.41) is 0. The van der Waals surface area contributed by atoms with E-state index >= 15 is 0 Å². The maximum Gasteiger partial charge on any atom is 0.343 e. The van der Waals surface area contributed by atoms with Crippen LogP contribution in [0.5, 0.6) is 5.75 Å². The van der Waals surface area contributed by atoms with Crippen LogP contribution in [0.2, 0.25) is 0 Å². The number of methoxy groups -OCH3 is 1. The topological polar surface area (TPSA) is 55.8 Å². The quantitative estimate of drug-likeness (QED) is 0.349. The molecule has 1 amide bonds. The number of ether oxygens (including phenoxy) is 2. The largest absolute Gasteiger partial charge is 0.481 e. The molecule has 2 aromatic rings. The van der Waals surface area contributed by atoms with Crippen molar-refractivity contribution in [1.29, 1.82) is 0 Å². The minimum absolute atomic E-state index is 0.110. The zero-order valence-electron chi connectivity index (χ0n) is 14.9. The maximum absolute atomic E-state index is 12.7. The molecule has 0 spiro atoms. The average molecular weight is 478 g/mol. The highest BCUT2D eigenvalue weighted by molar-refractivity contribution is 9.10. The Morgan fingerprint density at radius 2 is 2.00 bits per heavy atom. The molecule has 144 valence electrons. The smallest absolute Gasteiger partial charge is 0.343 e. The molecule has 3 rings (SSSR count). The molecule has 1 saturated heterocycles. The predicted molar refractivity (Wildman–Crippen MR) is 117 cm³/mol. The Kier molecular flexibility index (Phi) is 6.88. The highest BCUT2D eigenvalue weighted by Crippen LogP contribution is 2.35. The highest BCUT2D eigenvalue weighted by Gasteiger charge is 2.31. The first-order chi connectivity index (χ1) is 13.5. The van der Waals surface area contributed by atoms with Gasteiger partial charge in [0.05, 0.1) is 23.0 Å². The molecular formula is C20H16BrNO4S2. The lowest BCUT2D eigenvalue weighted by molar-refractivity contribution is -0.142. The molecule has 0 bridgehead atoms. The van der Waals surface area contributed by atoms with Gasteiger partial charge in [0.2, 0.25) is 0 Å². The number of carbonyl (C=O) groups is 2. The standard InChI is InChI=1S/C20H16BrNO4S2/c1-25-18(23)12-26-16-8-7-14(9-15(16)21)10-17-19(24)22(20(27)28-17)11-13-5-3-2-4-6-13/h2-10H,11-12H2,1H3/b17-10-. The summed E-state index contributed by atoms with van der Waals surface area (Å²) < 4.78 is 11.2. The molecule has 1 aliphatic heterocycles. The Bertz CT molecular complexity index is 946. The normalized spacial score (nSPS) is 15.2. The third-order valence-corrected chi connectivity index (χ3v) is 5.88. The Balaban J connectivity index is 1.73. The summed E-state index contributed by atoms with van der Waals surface area (Å²) in [7, 11) is 1.30. The lowest BCUT2D eigenvalue weighted by Gasteiger charge is -2.14. The van der Waals surface area contributed by atoms with Gasteiger partial charge >= 0.3 is 5.97 Å². The molecule has 0 N–H and O–H groups in total. The van der Waals surface area contributed by atoms with Crippen molar-refractivity contribution in [2.24, 2.45) is 0 Å². The van der Waals surface area contributed by atoms with E-state index in [0.717, 1.165) is 11.1 Å². The molecule has 1 heterocycles. The van der Waals surface area contributed by atoms with E-state index in [0.29, 0.717) is 26.0 Å². The molecule has 8 heteroatoms. The number of halogens is 1. The van der Waals surface area contributed by atoms with Crippen molar-refractivity contribution >= 4 is 62.2 Å². The number of thioether (sulfide) groups is 1. The Morgan fingerprint density at radius 1 is 1.25 bits per heavy atom. The Morgan fingerprint density at radius 3 is 2.68 bits per heavy atom. The number of benzene rings is 2. The summed E-state index contributed by atoms with van der Waals surface area (Å²) in [5.74, 6) is -0.0572. The van der Waals surface area contributed by atoms with Gasteiger partial charge in [-0.1, -0.05) is 60.4 Å². The summed E-state index contributed by atoms with van der Waals surface area (Å²) in [6, 6.07) is 15.1. The van der Waals surface area contributed by atoms with E-state index in [4.69, 9.17) is 17.0 Å². The summed E-state index contributed by atoms with van der Waals surface area (Å²) in [6.07, 6.45) is 1.79.